The van der Waals surface area contributed by atoms with Crippen LogP contribution in [0.3, 0.4) is 0 Å². The largest absolute Gasteiger partial charge is 0.454 e. The van der Waals surface area contributed by atoms with E-state index < -0.39 is 0 Å². The zero-order valence-electron chi connectivity index (χ0n) is 22.9. The zero-order chi connectivity index (χ0) is 28.3. The van der Waals surface area contributed by atoms with Crippen LogP contribution in [0.5, 0.6) is 0 Å². The van der Waals surface area contributed by atoms with Crippen LogP contribution in [0, 0.1) is 0 Å². The Morgan fingerprint density at radius 2 is 1.16 bits per heavy atom. The van der Waals surface area contributed by atoms with Gasteiger partial charge in [-0.1, -0.05) is 103 Å². The van der Waals surface area contributed by atoms with Crippen molar-refractivity contribution in [1.82, 2.24) is 19.9 Å². The molecule has 0 radical (unpaired) electrons. The molecule has 43 heavy (non-hydrogen) atoms. The highest BCUT2D eigenvalue weighted by molar-refractivity contribution is 6.20. The molecule has 0 N–H and O–H groups in total. The highest BCUT2D eigenvalue weighted by atomic mass is 16.3. The number of furan rings is 1. The Morgan fingerprint density at radius 1 is 0.442 bits per heavy atom. The summed E-state index contributed by atoms with van der Waals surface area (Å²) in [6.07, 6.45) is 1.78. The van der Waals surface area contributed by atoms with Crippen molar-refractivity contribution in [3.63, 3.8) is 0 Å². The summed E-state index contributed by atoms with van der Waals surface area (Å²) in [5.41, 5.74) is 4.98. The molecule has 0 amide bonds. The van der Waals surface area contributed by atoms with Crippen LogP contribution in [-0.2, 0) is 0 Å². The van der Waals surface area contributed by atoms with Crippen molar-refractivity contribution >= 4 is 54.4 Å². The van der Waals surface area contributed by atoms with Gasteiger partial charge in [-0.3, -0.25) is 4.98 Å². The zero-order valence-corrected chi connectivity index (χ0v) is 22.9. The van der Waals surface area contributed by atoms with Gasteiger partial charge in [0.15, 0.2) is 23.1 Å². The highest BCUT2D eigenvalue weighted by Crippen LogP contribution is 2.37. The lowest BCUT2D eigenvalue weighted by molar-refractivity contribution is 0.668. The third kappa shape index (κ3) is 3.79. The second kappa shape index (κ2) is 9.29. The minimum atomic E-state index is 0.576. The molecule has 5 nitrogen and oxygen atoms in total. The standard InChI is InChI=1S/C38H22N4O/c1-2-9-25(10-3-1)36-40-37(42-38(41-36)30-12-6-13-31-34(30)35-32(43-31)14-7-21-39-35)27-19-20-29-26(22-27)18-17-24-16-15-23-8-4-5-11-28(23)33(24)29/h1-22H. The molecule has 6 aromatic carbocycles. The smallest absolute Gasteiger partial charge is 0.164 e. The van der Waals surface area contributed by atoms with Crippen LogP contribution in [0.1, 0.15) is 0 Å². The van der Waals surface area contributed by atoms with Crippen molar-refractivity contribution in [2.75, 3.05) is 0 Å². The van der Waals surface area contributed by atoms with Gasteiger partial charge in [-0.05, 0) is 56.6 Å². The van der Waals surface area contributed by atoms with E-state index >= 15 is 0 Å². The maximum atomic E-state index is 6.12. The molecule has 200 valence electrons. The summed E-state index contributed by atoms with van der Waals surface area (Å²) in [6, 6.07) is 43.6. The molecule has 0 saturated carbocycles. The molecule has 0 aliphatic heterocycles. The van der Waals surface area contributed by atoms with Gasteiger partial charge < -0.3 is 4.42 Å². The van der Waals surface area contributed by atoms with Gasteiger partial charge in [-0.25, -0.2) is 15.0 Å². The molecule has 3 heterocycles. The molecule has 0 atom stereocenters. The molecule has 9 rings (SSSR count). The summed E-state index contributed by atoms with van der Waals surface area (Å²) in [5.74, 6) is 1.80. The first-order valence-electron chi connectivity index (χ1n) is 14.2. The molecule has 0 aliphatic rings. The predicted molar refractivity (Wildman–Crippen MR) is 174 cm³/mol. The van der Waals surface area contributed by atoms with E-state index in [4.69, 9.17) is 19.4 Å². The minimum Gasteiger partial charge on any atom is -0.454 e. The number of aromatic nitrogens is 4. The third-order valence-corrected chi connectivity index (χ3v) is 8.14. The lowest BCUT2D eigenvalue weighted by atomic mass is 9.95. The van der Waals surface area contributed by atoms with Crippen LogP contribution >= 0.6 is 0 Å². The van der Waals surface area contributed by atoms with Crippen LogP contribution in [-0.4, -0.2) is 19.9 Å². The van der Waals surface area contributed by atoms with Gasteiger partial charge in [0.25, 0.3) is 0 Å². The summed E-state index contributed by atoms with van der Waals surface area (Å²) in [6.45, 7) is 0. The quantitative estimate of drug-likeness (QED) is 0.205. The predicted octanol–water partition coefficient (Wildman–Crippen LogP) is 9.63. The van der Waals surface area contributed by atoms with Gasteiger partial charge in [-0.2, -0.15) is 0 Å². The van der Waals surface area contributed by atoms with E-state index in [1.165, 1.54) is 26.9 Å². The Labute approximate surface area is 246 Å². The topological polar surface area (TPSA) is 64.7 Å². The lowest BCUT2D eigenvalue weighted by Gasteiger charge is -2.11. The number of hydrogen-bond donors (Lipinski definition) is 0. The van der Waals surface area contributed by atoms with Gasteiger partial charge in [-0.15, -0.1) is 0 Å². The SMILES string of the molecule is c1ccc(-c2nc(-c3ccc4c(ccc5ccc6ccccc6c54)c3)nc(-c3cccc4oc5cccnc5c34)n2)cc1. The second-order valence-electron chi connectivity index (χ2n) is 10.7. The van der Waals surface area contributed by atoms with Crippen molar-refractivity contribution in [1.29, 1.82) is 0 Å². The molecule has 0 unspecified atom stereocenters. The molecule has 0 saturated heterocycles. The van der Waals surface area contributed by atoms with Gasteiger partial charge in [0.05, 0.1) is 5.39 Å². The minimum absolute atomic E-state index is 0.576. The van der Waals surface area contributed by atoms with Crippen LogP contribution in [0.2, 0.25) is 0 Å². The van der Waals surface area contributed by atoms with E-state index in [1.54, 1.807) is 6.20 Å². The summed E-state index contributed by atoms with van der Waals surface area (Å²) < 4.78 is 6.12. The molecule has 5 heteroatoms. The molecular weight excluding hydrogens is 528 g/mol. The van der Waals surface area contributed by atoms with Gasteiger partial charge in [0.2, 0.25) is 0 Å². The van der Waals surface area contributed by atoms with E-state index in [0.717, 1.165) is 44.1 Å². The number of pyridine rings is 1. The Bertz CT molecular complexity index is 2520. The Hall–Kier alpha value is -5.94. The van der Waals surface area contributed by atoms with Crippen molar-refractivity contribution in [2.24, 2.45) is 0 Å². The van der Waals surface area contributed by atoms with Crippen molar-refractivity contribution in [3.8, 4) is 34.2 Å². The van der Waals surface area contributed by atoms with E-state index in [-0.39, 0.29) is 0 Å². The van der Waals surface area contributed by atoms with E-state index in [9.17, 15) is 0 Å². The van der Waals surface area contributed by atoms with Gasteiger partial charge in [0, 0.05) is 22.9 Å². The van der Waals surface area contributed by atoms with Crippen molar-refractivity contribution in [2.45, 2.75) is 0 Å². The van der Waals surface area contributed by atoms with Crippen LogP contribution < -0.4 is 0 Å². The molecule has 0 bridgehead atoms. The fourth-order valence-electron chi connectivity index (χ4n) is 6.14. The maximum Gasteiger partial charge on any atom is 0.164 e. The highest BCUT2D eigenvalue weighted by Gasteiger charge is 2.18. The molecule has 0 spiro atoms. The van der Waals surface area contributed by atoms with Crippen LogP contribution in [0.4, 0.5) is 0 Å². The Balaban J connectivity index is 1.29. The van der Waals surface area contributed by atoms with E-state index in [0.29, 0.717) is 17.5 Å². The van der Waals surface area contributed by atoms with E-state index in [1.807, 2.05) is 60.7 Å². The third-order valence-electron chi connectivity index (χ3n) is 8.14. The summed E-state index contributed by atoms with van der Waals surface area (Å²) in [7, 11) is 0. The average Bonchev–Trinajstić information content (AvgIpc) is 3.47. The Morgan fingerprint density at radius 3 is 2.07 bits per heavy atom. The van der Waals surface area contributed by atoms with Crippen LogP contribution in [0.15, 0.2) is 138 Å². The number of benzene rings is 6. The monoisotopic (exact) mass is 550 g/mol. The fourth-order valence-corrected chi connectivity index (χ4v) is 6.14. The van der Waals surface area contributed by atoms with Gasteiger partial charge >= 0.3 is 0 Å². The molecule has 0 aliphatic carbocycles. The van der Waals surface area contributed by atoms with E-state index in [2.05, 4.69) is 71.7 Å². The van der Waals surface area contributed by atoms with Crippen molar-refractivity contribution < 1.29 is 4.42 Å². The molecule has 3 aromatic heterocycles. The maximum absolute atomic E-state index is 6.12. The summed E-state index contributed by atoms with van der Waals surface area (Å²) in [4.78, 5) is 19.7. The number of hydrogen-bond acceptors (Lipinski definition) is 5. The Kier molecular flexibility index (Phi) is 5.13. The number of fused-ring (bicyclic) bond motifs is 8. The fraction of sp³-hybridized carbons (Fsp3) is 0. The summed E-state index contributed by atoms with van der Waals surface area (Å²) in [5, 5.41) is 8.20. The number of nitrogens with zero attached hydrogens (tertiary/aromatic N) is 4. The first kappa shape index (κ1) is 23.7. The normalized spacial score (nSPS) is 11.7. The molecule has 0 fully saturated rings. The molecule has 9 aromatic rings. The summed E-state index contributed by atoms with van der Waals surface area (Å²) >= 11 is 0. The molecular formula is C38H22N4O. The average molecular weight is 551 g/mol. The van der Waals surface area contributed by atoms with Gasteiger partial charge in [0.1, 0.15) is 11.1 Å². The lowest BCUT2D eigenvalue weighted by Crippen LogP contribution is -2.00. The number of rotatable bonds is 3. The first-order chi connectivity index (χ1) is 21.3. The van der Waals surface area contributed by atoms with Crippen LogP contribution in [0.25, 0.3) is 88.5 Å². The first-order valence-corrected chi connectivity index (χ1v) is 14.2. The second-order valence-corrected chi connectivity index (χ2v) is 10.7. The van der Waals surface area contributed by atoms with Crippen molar-refractivity contribution in [3.05, 3.63) is 134 Å².